The lowest BCUT2D eigenvalue weighted by Gasteiger charge is -2.09. The Labute approximate surface area is 104 Å². The van der Waals surface area contributed by atoms with Gasteiger partial charge in [-0.2, -0.15) is 10.4 Å². The third-order valence-electron chi connectivity index (χ3n) is 2.95. The number of nitrogens with one attached hydrogen (secondary N) is 1. The molecule has 1 N–H and O–H groups in total. The van der Waals surface area contributed by atoms with Crippen LogP contribution in [0, 0.1) is 11.3 Å². The first kappa shape index (κ1) is 10.5. The van der Waals surface area contributed by atoms with E-state index in [1.165, 1.54) is 0 Å². The molecule has 1 aromatic heterocycles. The molecule has 0 spiro atoms. The Morgan fingerprint density at radius 2 is 2.22 bits per heavy atom. The fourth-order valence-electron chi connectivity index (χ4n) is 2.06. The Bertz CT molecular complexity index is 666. The van der Waals surface area contributed by atoms with Gasteiger partial charge >= 0.3 is 0 Å². The normalized spacial score (nSPS) is 13.6. The molecule has 2 heterocycles. The summed E-state index contributed by atoms with van der Waals surface area (Å²) in [6.45, 7) is 0.614. The second kappa shape index (κ2) is 4.00. The van der Waals surface area contributed by atoms with Gasteiger partial charge in [0.2, 0.25) is 0 Å². The van der Waals surface area contributed by atoms with Crippen LogP contribution in [0.4, 0.5) is 0 Å². The van der Waals surface area contributed by atoms with E-state index in [9.17, 15) is 4.79 Å². The molecule has 0 bridgehead atoms. The maximum absolute atomic E-state index is 11.7. The Morgan fingerprint density at radius 3 is 3.00 bits per heavy atom. The van der Waals surface area contributed by atoms with Crippen LogP contribution >= 0.6 is 0 Å². The maximum Gasteiger partial charge on any atom is 0.254 e. The number of fused-ring (bicyclic) bond motifs is 1. The third-order valence-corrected chi connectivity index (χ3v) is 2.95. The molecule has 0 saturated carbocycles. The highest BCUT2D eigenvalue weighted by Gasteiger charge is 2.21. The number of rotatable bonds is 1. The molecule has 1 amide bonds. The second-order valence-corrected chi connectivity index (χ2v) is 4.07. The van der Waals surface area contributed by atoms with Gasteiger partial charge in [0.05, 0.1) is 22.5 Å². The minimum absolute atomic E-state index is 0.100. The summed E-state index contributed by atoms with van der Waals surface area (Å²) in [6.07, 6.45) is 2.41. The quantitative estimate of drug-likeness (QED) is 0.806. The van der Waals surface area contributed by atoms with Crippen LogP contribution in [0.2, 0.25) is 0 Å². The molecule has 1 aromatic carbocycles. The largest absolute Gasteiger partial charge is 0.352 e. The lowest BCUT2D eigenvalue weighted by molar-refractivity contribution is 0.0946. The number of amides is 1. The molecular formula is C13H10N4O. The minimum atomic E-state index is -0.100. The number of para-hydroxylation sites is 1. The lowest BCUT2D eigenvalue weighted by Crippen LogP contribution is -2.31. The second-order valence-electron chi connectivity index (χ2n) is 4.07. The summed E-state index contributed by atoms with van der Waals surface area (Å²) >= 11 is 0. The minimum Gasteiger partial charge on any atom is -0.352 e. The van der Waals surface area contributed by atoms with Gasteiger partial charge in [-0.05, 0) is 12.1 Å². The van der Waals surface area contributed by atoms with Crippen molar-refractivity contribution < 1.29 is 4.79 Å². The van der Waals surface area contributed by atoms with Crippen LogP contribution in [-0.2, 0) is 6.42 Å². The molecule has 0 unspecified atom stereocenters. The number of benzene rings is 1. The zero-order chi connectivity index (χ0) is 12.5. The van der Waals surface area contributed by atoms with Gasteiger partial charge in [0, 0.05) is 19.2 Å². The molecule has 88 valence electrons. The predicted molar refractivity (Wildman–Crippen MR) is 64.3 cm³/mol. The summed E-state index contributed by atoms with van der Waals surface area (Å²) in [6, 6.07) is 9.32. The van der Waals surface area contributed by atoms with Crippen LogP contribution in [0.5, 0.6) is 0 Å². The Hall–Kier alpha value is -2.61. The van der Waals surface area contributed by atoms with Gasteiger partial charge in [0.15, 0.2) is 0 Å². The van der Waals surface area contributed by atoms with Crippen molar-refractivity contribution >= 4 is 5.91 Å². The van der Waals surface area contributed by atoms with E-state index in [4.69, 9.17) is 5.26 Å². The number of hydrogen-bond acceptors (Lipinski definition) is 3. The highest BCUT2D eigenvalue weighted by Crippen LogP contribution is 2.18. The van der Waals surface area contributed by atoms with E-state index in [1.807, 2.05) is 12.1 Å². The van der Waals surface area contributed by atoms with Gasteiger partial charge in [0.25, 0.3) is 5.91 Å². The average Bonchev–Trinajstić information content (AvgIpc) is 2.84. The predicted octanol–water partition coefficient (Wildman–Crippen LogP) is 1.03. The van der Waals surface area contributed by atoms with E-state index in [0.717, 1.165) is 12.1 Å². The standard InChI is InChI=1S/C13H10N4O/c14-7-9-3-1-2-4-12(9)17-8-10-11(16-17)5-6-15-13(10)18/h1-4,8H,5-6H2,(H,15,18). The fourth-order valence-corrected chi connectivity index (χ4v) is 2.06. The van der Waals surface area contributed by atoms with Crippen LogP contribution in [0.3, 0.4) is 0 Å². The van der Waals surface area contributed by atoms with Crippen molar-refractivity contribution in [1.82, 2.24) is 15.1 Å². The van der Waals surface area contributed by atoms with Crippen molar-refractivity contribution in [2.45, 2.75) is 6.42 Å². The fraction of sp³-hybridized carbons (Fsp3) is 0.154. The van der Waals surface area contributed by atoms with Crippen LogP contribution in [0.15, 0.2) is 30.5 Å². The summed E-state index contributed by atoms with van der Waals surface area (Å²) in [5.74, 6) is -0.100. The third kappa shape index (κ3) is 1.55. The highest BCUT2D eigenvalue weighted by molar-refractivity contribution is 5.96. The summed E-state index contributed by atoms with van der Waals surface area (Å²) in [4.78, 5) is 11.7. The van der Waals surface area contributed by atoms with Gasteiger partial charge in [0.1, 0.15) is 6.07 Å². The molecule has 1 aliphatic rings. The first-order valence-electron chi connectivity index (χ1n) is 5.66. The van der Waals surface area contributed by atoms with E-state index >= 15 is 0 Å². The molecule has 0 aliphatic carbocycles. The highest BCUT2D eigenvalue weighted by atomic mass is 16.1. The van der Waals surface area contributed by atoms with Crippen molar-refractivity contribution in [1.29, 1.82) is 5.26 Å². The van der Waals surface area contributed by atoms with Crippen LogP contribution in [0.25, 0.3) is 5.69 Å². The molecule has 0 atom stereocenters. The van der Waals surface area contributed by atoms with Crippen molar-refractivity contribution in [2.24, 2.45) is 0 Å². The average molecular weight is 238 g/mol. The SMILES string of the molecule is N#Cc1ccccc1-n1cc2c(n1)CCNC2=O. The Kier molecular flexibility index (Phi) is 2.34. The van der Waals surface area contributed by atoms with Gasteiger partial charge in [-0.3, -0.25) is 4.79 Å². The molecule has 2 aromatic rings. The molecular weight excluding hydrogens is 228 g/mol. The van der Waals surface area contributed by atoms with Gasteiger partial charge < -0.3 is 5.32 Å². The molecule has 0 fully saturated rings. The van der Waals surface area contributed by atoms with Crippen molar-refractivity contribution in [3.05, 3.63) is 47.3 Å². The molecule has 3 rings (SSSR count). The number of hydrogen-bond donors (Lipinski definition) is 1. The lowest BCUT2D eigenvalue weighted by atomic mass is 10.1. The van der Waals surface area contributed by atoms with Gasteiger partial charge in [-0.1, -0.05) is 12.1 Å². The molecule has 0 radical (unpaired) electrons. The van der Waals surface area contributed by atoms with E-state index in [2.05, 4.69) is 16.5 Å². The Balaban J connectivity index is 2.14. The van der Waals surface area contributed by atoms with Crippen molar-refractivity contribution in [2.75, 3.05) is 6.54 Å². The summed E-state index contributed by atoms with van der Waals surface area (Å²) in [7, 11) is 0. The maximum atomic E-state index is 11.7. The molecule has 1 aliphatic heterocycles. The van der Waals surface area contributed by atoms with Crippen molar-refractivity contribution in [3.63, 3.8) is 0 Å². The molecule has 5 nitrogen and oxygen atoms in total. The van der Waals surface area contributed by atoms with Crippen molar-refractivity contribution in [3.8, 4) is 11.8 Å². The number of carbonyl (C=O) groups excluding carboxylic acids is 1. The number of carbonyl (C=O) groups is 1. The summed E-state index contributed by atoms with van der Waals surface area (Å²) in [5.41, 5.74) is 2.61. The topological polar surface area (TPSA) is 70.7 Å². The van der Waals surface area contributed by atoms with E-state index in [0.29, 0.717) is 23.4 Å². The van der Waals surface area contributed by atoms with Crippen LogP contribution in [0.1, 0.15) is 21.6 Å². The Morgan fingerprint density at radius 1 is 1.39 bits per heavy atom. The van der Waals surface area contributed by atoms with Gasteiger partial charge in [-0.25, -0.2) is 4.68 Å². The summed E-state index contributed by atoms with van der Waals surface area (Å²) < 4.78 is 1.61. The van der Waals surface area contributed by atoms with E-state index in [1.54, 1.807) is 23.0 Å². The smallest absolute Gasteiger partial charge is 0.254 e. The number of nitriles is 1. The van der Waals surface area contributed by atoms with Crippen LogP contribution in [-0.4, -0.2) is 22.2 Å². The van der Waals surface area contributed by atoms with E-state index < -0.39 is 0 Å². The van der Waals surface area contributed by atoms with Crippen LogP contribution < -0.4 is 5.32 Å². The molecule has 5 heteroatoms. The molecule has 18 heavy (non-hydrogen) atoms. The first-order valence-corrected chi connectivity index (χ1v) is 5.66. The first-order chi connectivity index (χ1) is 8.79. The molecule has 0 saturated heterocycles. The summed E-state index contributed by atoms with van der Waals surface area (Å²) in [5, 5.41) is 16.2. The van der Waals surface area contributed by atoms with E-state index in [-0.39, 0.29) is 5.91 Å². The zero-order valence-electron chi connectivity index (χ0n) is 9.55. The zero-order valence-corrected chi connectivity index (χ0v) is 9.55. The number of aromatic nitrogens is 2. The van der Waals surface area contributed by atoms with Gasteiger partial charge in [-0.15, -0.1) is 0 Å². The number of nitrogens with zero attached hydrogens (tertiary/aromatic N) is 3. The monoisotopic (exact) mass is 238 g/mol.